The van der Waals surface area contributed by atoms with Crippen molar-refractivity contribution in [2.45, 2.75) is 26.9 Å². The van der Waals surface area contributed by atoms with Crippen LogP contribution in [0.2, 0.25) is 0 Å². The normalized spacial score (nSPS) is 12.2. The number of aryl methyl sites for hydroxylation is 2. The molecule has 0 saturated heterocycles. The van der Waals surface area contributed by atoms with Crippen LogP contribution in [-0.2, 0) is 4.74 Å². The molecule has 1 aromatic carbocycles. The maximum atomic E-state index is 11.2. The van der Waals surface area contributed by atoms with Crippen molar-refractivity contribution in [3.05, 3.63) is 52.7 Å². The maximum Gasteiger partial charge on any atom is 0.337 e. The van der Waals surface area contributed by atoms with E-state index in [4.69, 9.17) is 4.74 Å². The fourth-order valence-electron chi connectivity index (χ4n) is 2.39. The summed E-state index contributed by atoms with van der Waals surface area (Å²) in [7, 11) is 1.67. The molecule has 1 aromatic heterocycles. The largest absolute Gasteiger partial charge is 0.478 e. The molecule has 0 saturated carbocycles. The molecule has 4 heteroatoms. The van der Waals surface area contributed by atoms with Gasteiger partial charge in [0.2, 0.25) is 0 Å². The van der Waals surface area contributed by atoms with Crippen LogP contribution >= 0.6 is 0 Å². The number of benzene rings is 1. The summed E-state index contributed by atoms with van der Waals surface area (Å²) in [5.74, 6) is -0.939. The highest BCUT2D eigenvalue weighted by Crippen LogP contribution is 2.25. The molecule has 2 aromatic rings. The van der Waals surface area contributed by atoms with Crippen molar-refractivity contribution in [3.63, 3.8) is 0 Å². The van der Waals surface area contributed by atoms with Gasteiger partial charge in [-0.05, 0) is 44.0 Å². The van der Waals surface area contributed by atoms with Crippen molar-refractivity contribution in [1.29, 1.82) is 0 Å². The Morgan fingerprint density at radius 3 is 2.57 bits per heavy atom. The zero-order valence-corrected chi connectivity index (χ0v) is 12.7. The van der Waals surface area contributed by atoms with Gasteiger partial charge in [-0.25, -0.2) is 4.79 Å². The van der Waals surface area contributed by atoms with Gasteiger partial charge >= 0.3 is 5.97 Å². The molecule has 1 atom stereocenters. The Bertz CT molecular complexity index is 656. The number of aromatic nitrogens is 1. The standard InChI is InChI=1S/C17H19NO3/c1-10-8-15(18-11(2)16(10)17(19)20)14-7-5-6-13(9-14)12(3)21-4/h5-9,12H,1-4H3,(H,19,20)/t12-/m0/s1. The fourth-order valence-corrected chi connectivity index (χ4v) is 2.39. The third-order valence-electron chi connectivity index (χ3n) is 3.62. The lowest BCUT2D eigenvalue weighted by atomic mass is 10.0. The molecule has 1 heterocycles. The van der Waals surface area contributed by atoms with Crippen molar-refractivity contribution in [1.82, 2.24) is 4.98 Å². The van der Waals surface area contributed by atoms with Gasteiger partial charge < -0.3 is 9.84 Å². The second-order valence-electron chi connectivity index (χ2n) is 5.09. The first-order chi connectivity index (χ1) is 9.93. The summed E-state index contributed by atoms with van der Waals surface area (Å²) < 4.78 is 5.33. The quantitative estimate of drug-likeness (QED) is 0.929. The van der Waals surface area contributed by atoms with Crippen molar-refractivity contribution in [2.75, 3.05) is 7.11 Å². The Kier molecular flexibility index (Phi) is 4.38. The average molecular weight is 285 g/mol. The Morgan fingerprint density at radius 2 is 2.00 bits per heavy atom. The minimum absolute atomic E-state index is 0.00503. The van der Waals surface area contributed by atoms with E-state index in [1.165, 1.54) is 0 Å². The lowest BCUT2D eigenvalue weighted by Crippen LogP contribution is -2.06. The van der Waals surface area contributed by atoms with E-state index in [9.17, 15) is 9.90 Å². The van der Waals surface area contributed by atoms with Gasteiger partial charge in [0.1, 0.15) is 0 Å². The van der Waals surface area contributed by atoms with Gasteiger partial charge in [0.25, 0.3) is 0 Å². The predicted octanol–water partition coefficient (Wildman–Crippen LogP) is 3.77. The number of carboxylic acid groups (broad SMARTS) is 1. The van der Waals surface area contributed by atoms with E-state index in [1.54, 1.807) is 21.0 Å². The van der Waals surface area contributed by atoms with Crippen LogP contribution in [0.15, 0.2) is 30.3 Å². The topological polar surface area (TPSA) is 59.4 Å². The molecule has 0 fully saturated rings. The number of carboxylic acids is 1. The monoisotopic (exact) mass is 285 g/mol. The molecule has 1 N–H and O–H groups in total. The van der Waals surface area contributed by atoms with Crippen molar-refractivity contribution < 1.29 is 14.6 Å². The molecule has 0 unspecified atom stereocenters. The summed E-state index contributed by atoms with van der Waals surface area (Å²) in [6, 6.07) is 9.76. The highest BCUT2D eigenvalue weighted by atomic mass is 16.5. The summed E-state index contributed by atoms with van der Waals surface area (Å²) >= 11 is 0. The molecule has 4 nitrogen and oxygen atoms in total. The van der Waals surface area contributed by atoms with Crippen LogP contribution < -0.4 is 0 Å². The highest BCUT2D eigenvalue weighted by Gasteiger charge is 2.14. The summed E-state index contributed by atoms with van der Waals surface area (Å²) in [4.78, 5) is 15.6. The maximum absolute atomic E-state index is 11.2. The van der Waals surface area contributed by atoms with Gasteiger partial charge in [0.05, 0.1) is 23.1 Å². The number of carbonyl (C=O) groups is 1. The third-order valence-corrected chi connectivity index (χ3v) is 3.62. The van der Waals surface area contributed by atoms with Gasteiger partial charge in [0, 0.05) is 12.7 Å². The second kappa shape index (κ2) is 6.06. The van der Waals surface area contributed by atoms with Crippen molar-refractivity contribution in [3.8, 4) is 11.3 Å². The van der Waals surface area contributed by atoms with Crippen LogP contribution in [0.3, 0.4) is 0 Å². The van der Waals surface area contributed by atoms with Crippen LogP contribution in [0.25, 0.3) is 11.3 Å². The Balaban J connectivity index is 2.50. The molecule has 0 aliphatic rings. The number of pyridine rings is 1. The third kappa shape index (κ3) is 3.11. The lowest BCUT2D eigenvalue weighted by Gasteiger charge is -2.12. The Labute approximate surface area is 124 Å². The number of methoxy groups -OCH3 is 1. The van der Waals surface area contributed by atoms with E-state index in [1.807, 2.05) is 37.3 Å². The Morgan fingerprint density at radius 1 is 1.29 bits per heavy atom. The highest BCUT2D eigenvalue weighted by molar-refractivity contribution is 5.91. The van der Waals surface area contributed by atoms with Gasteiger partial charge in [-0.1, -0.05) is 18.2 Å². The number of rotatable bonds is 4. The number of ether oxygens (including phenoxy) is 1. The molecule has 0 amide bonds. The van der Waals surface area contributed by atoms with Gasteiger partial charge in [-0.15, -0.1) is 0 Å². The molecular formula is C17H19NO3. The first kappa shape index (κ1) is 15.2. The zero-order valence-electron chi connectivity index (χ0n) is 12.7. The number of hydrogen-bond acceptors (Lipinski definition) is 3. The number of aromatic carboxylic acids is 1. The minimum Gasteiger partial charge on any atom is -0.478 e. The molecule has 0 spiro atoms. The first-order valence-electron chi connectivity index (χ1n) is 6.78. The van der Waals surface area contributed by atoms with Crippen LogP contribution in [0, 0.1) is 13.8 Å². The van der Waals surface area contributed by atoms with Crippen LogP contribution in [0.5, 0.6) is 0 Å². The van der Waals surface area contributed by atoms with Gasteiger partial charge in [0.15, 0.2) is 0 Å². The number of nitrogens with zero attached hydrogens (tertiary/aromatic N) is 1. The Hall–Kier alpha value is -2.20. The molecule has 110 valence electrons. The van der Waals surface area contributed by atoms with Crippen molar-refractivity contribution >= 4 is 5.97 Å². The summed E-state index contributed by atoms with van der Waals surface area (Å²) in [6.07, 6.45) is 0.00503. The molecule has 0 aliphatic heterocycles. The predicted molar refractivity (Wildman–Crippen MR) is 81.5 cm³/mol. The minimum atomic E-state index is -0.939. The molecule has 21 heavy (non-hydrogen) atoms. The number of hydrogen-bond donors (Lipinski definition) is 1. The van der Waals surface area contributed by atoms with E-state index < -0.39 is 5.97 Å². The molecule has 0 aliphatic carbocycles. The molecule has 0 radical (unpaired) electrons. The second-order valence-corrected chi connectivity index (χ2v) is 5.09. The van der Waals surface area contributed by atoms with Gasteiger partial charge in [-0.3, -0.25) is 4.98 Å². The van der Waals surface area contributed by atoms with E-state index in [2.05, 4.69) is 4.98 Å². The zero-order chi connectivity index (χ0) is 15.6. The fraction of sp³-hybridized carbons (Fsp3) is 0.294. The summed E-state index contributed by atoms with van der Waals surface area (Å²) in [5, 5.41) is 9.20. The molecular weight excluding hydrogens is 266 g/mol. The van der Waals surface area contributed by atoms with E-state index >= 15 is 0 Å². The van der Waals surface area contributed by atoms with E-state index in [0.29, 0.717) is 5.69 Å². The van der Waals surface area contributed by atoms with E-state index in [0.717, 1.165) is 22.4 Å². The van der Waals surface area contributed by atoms with E-state index in [-0.39, 0.29) is 11.7 Å². The SMILES string of the molecule is CO[C@@H](C)c1cccc(-c2cc(C)c(C(=O)O)c(C)n2)c1. The molecule has 0 bridgehead atoms. The average Bonchev–Trinajstić information content (AvgIpc) is 2.45. The van der Waals surface area contributed by atoms with Crippen LogP contribution in [0.4, 0.5) is 0 Å². The van der Waals surface area contributed by atoms with Gasteiger partial charge in [-0.2, -0.15) is 0 Å². The summed E-state index contributed by atoms with van der Waals surface area (Å²) in [5.41, 5.74) is 4.33. The lowest BCUT2D eigenvalue weighted by molar-refractivity contribution is 0.0695. The van der Waals surface area contributed by atoms with Crippen molar-refractivity contribution in [2.24, 2.45) is 0 Å². The smallest absolute Gasteiger partial charge is 0.337 e. The summed E-state index contributed by atoms with van der Waals surface area (Å²) in [6.45, 7) is 5.50. The van der Waals surface area contributed by atoms with Crippen LogP contribution in [-0.4, -0.2) is 23.2 Å². The molecule has 2 rings (SSSR count). The van der Waals surface area contributed by atoms with Crippen LogP contribution in [0.1, 0.15) is 40.2 Å². The first-order valence-corrected chi connectivity index (χ1v) is 6.78.